The lowest BCUT2D eigenvalue weighted by Gasteiger charge is -2.13. The van der Waals surface area contributed by atoms with Crippen LogP contribution in [0, 0.1) is 12.8 Å². The predicted octanol–water partition coefficient (Wildman–Crippen LogP) is 2.04. The fraction of sp³-hybridized carbons (Fsp3) is 0.600. The first-order valence-corrected chi connectivity index (χ1v) is 5.36. The summed E-state index contributed by atoms with van der Waals surface area (Å²) in [6, 6.07) is -0.225. The first-order valence-electron chi connectivity index (χ1n) is 4.83. The molecule has 0 aliphatic carbocycles. The molecule has 4 nitrogen and oxygen atoms in total. The van der Waals surface area contributed by atoms with Crippen LogP contribution < -0.4 is 5.32 Å². The van der Waals surface area contributed by atoms with Crippen molar-refractivity contribution in [2.45, 2.75) is 26.8 Å². The van der Waals surface area contributed by atoms with Crippen LogP contribution in [0.1, 0.15) is 31.5 Å². The Morgan fingerprint density at radius 2 is 2.33 bits per heavy atom. The largest absolute Gasteiger partial charge is 0.444 e. The monoisotopic (exact) mass is 230 g/mol. The maximum absolute atomic E-state index is 11.5. The molecule has 5 heteroatoms. The van der Waals surface area contributed by atoms with E-state index >= 15 is 0 Å². The lowest BCUT2D eigenvalue weighted by atomic mass is 10.2. The van der Waals surface area contributed by atoms with Gasteiger partial charge in [0.15, 0.2) is 0 Å². The number of nitrogens with zero attached hydrogens (tertiary/aromatic N) is 1. The predicted molar refractivity (Wildman–Crippen MR) is 57.7 cm³/mol. The second kappa shape index (κ2) is 5.16. The van der Waals surface area contributed by atoms with Gasteiger partial charge in [0.25, 0.3) is 0 Å². The third-order valence-corrected chi connectivity index (χ3v) is 2.51. The van der Waals surface area contributed by atoms with Gasteiger partial charge in [-0.2, -0.15) is 0 Å². The zero-order chi connectivity index (χ0) is 11.4. The molecule has 1 rings (SSSR count). The van der Waals surface area contributed by atoms with Crippen LogP contribution in [-0.2, 0) is 4.79 Å². The molecule has 1 heterocycles. The molecule has 0 radical (unpaired) electrons. The lowest BCUT2D eigenvalue weighted by Crippen LogP contribution is -2.32. The molecule has 0 bridgehead atoms. The fourth-order valence-electron chi connectivity index (χ4n) is 1.06. The van der Waals surface area contributed by atoms with Gasteiger partial charge in [0.1, 0.15) is 11.8 Å². The Labute approximate surface area is 94.0 Å². The van der Waals surface area contributed by atoms with Gasteiger partial charge in [-0.15, -0.1) is 11.6 Å². The molecule has 0 fully saturated rings. The summed E-state index contributed by atoms with van der Waals surface area (Å²) in [7, 11) is 0. The quantitative estimate of drug-likeness (QED) is 0.806. The van der Waals surface area contributed by atoms with Crippen molar-refractivity contribution in [3.63, 3.8) is 0 Å². The highest BCUT2D eigenvalue weighted by Gasteiger charge is 2.17. The Morgan fingerprint density at radius 1 is 1.67 bits per heavy atom. The number of oxazole rings is 1. The van der Waals surface area contributed by atoms with E-state index in [1.807, 2.05) is 13.8 Å². The highest BCUT2D eigenvalue weighted by molar-refractivity contribution is 6.19. The molecule has 0 saturated heterocycles. The summed E-state index contributed by atoms with van der Waals surface area (Å²) in [5.74, 6) is 1.26. The Kier molecular flexibility index (Phi) is 4.15. The maximum Gasteiger partial charge on any atom is 0.224 e. The number of nitrogens with one attached hydrogen (secondary N) is 1. The second-order valence-electron chi connectivity index (χ2n) is 3.59. The van der Waals surface area contributed by atoms with Gasteiger partial charge in [0, 0.05) is 11.8 Å². The molecule has 84 valence electrons. The number of carbonyl (C=O) groups is 1. The zero-order valence-electron chi connectivity index (χ0n) is 9.08. The van der Waals surface area contributed by atoms with Crippen LogP contribution in [0.2, 0.25) is 0 Å². The molecular formula is C10H15ClN2O2. The van der Waals surface area contributed by atoms with Gasteiger partial charge in [-0.05, 0) is 13.8 Å². The smallest absolute Gasteiger partial charge is 0.224 e. The molecule has 2 atom stereocenters. The molecule has 1 N–H and O–H groups in total. The Hall–Kier alpha value is -1.03. The third kappa shape index (κ3) is 3.23. The molecule has 1 aromatic rings. The van der Waals surface area contributed by atoms with E-state index in [1.165, 1.54) is 0 Å². The van der Waals surface area contributed by atoms with Crippen molar-refractivity contribution < 1.29 is 9.21 Å². The molecular weight excluding hydrogens is 216 g/mol. The lowest BCUT2D eigenvalue weighted by molar-refractivity contribution is -0.124. The molecule has 0 aliphatic rings. The van der Waals surface area contributed by atoms with E-state index in [4.69, 9.17) is 16.0 Å². The molecule has 15 heavy (non-hydrogen) atoms. The minimum absolute atomic E-state index is 0.0895. The van der Waals surface area contributed by atoms with Gasteiger partial charge in [0.05, 0.1) is 6.20 Å². The molecule has 0 saturated carbocycles. The van der Waals surface area contributed by atoms with Crippen LogP contribution in [0.15, 0.2) is 10.6 Å². The van der Waals surface area contributed by atoms with Gasteiger partial charge in [-0.25, -0.2) is 4.98 Å². The van der Waals surface area contributed by atoms with E-state index in [0.29, 0.717) is 11.8 Å². The number of aromatic nitrogens is 1. The molecule has 0 spiro atoms. The number of amides is 1. The summed E-state index contributed by atoms with van der Waals surface area (Å²) in [6.45, 7) is 5.41. The van der Waals surface area contributed by atoms with E-state index in [0.717, 1.165) is 5.76 Å². The van der Waals surface area contributed by atoms with E-state index in [9.17, 15) is 4.79 Å². The van der Waals surface area contributed by atoms with Crippen LogP contribution in [-0.4, -0.2) is 16.8 Å². The molecule has 0 aliphatic heterocycles. The van der Waals surface area contributed by atoms with Crippen molar-refractivity contribution in [3.8, 4) is 0 Å². The standard InChI is InChI=1S/C10H15ClN2O2/c1-6(4-11)9(14)13-8(3)10-12-5-7(2)15-10/h5-6,8H,4H2,1-3H3,(H,13,14). The maximum atomic E-state index is 11.5. The van der Waals surface area contributed by atoms with Crippen molar-refractivity contribution >= 4 is 17.5 Å². The van der Waals surface area contributed by atoms with Crippen molar-refractivity contribution in [2.75, 3.05) is 5.88 Å². The van der Waals surface area contributed by atoms with Crippen molar-refractivity contribution in [1.82, 2.24) is 10.3 Å². The van der Waals surface area contributed by atoms with Gasteiger partial charge in [0.2, 0.25) is 11.8 Å². The number of halogens is 1. The average molecular weight is 231 g/mol. The first kappa shape index (κ1) is 12.0. The summed E-state index contributed by atoms with van der Waals surface area (Å²) in [5.41, 5.74) is 0. The van der Waals surface area contributed by atoms with E-state index in [-0.39, 0.29) is 17.9 Å². The fourth-order valence-corrected chi connectivity index (χ4v) is 1.20. The van der Waals surface area contributed by atoms with Crippen molar-refractivity contribution in [3.05, 3.63) is 17.8 Å². The summed E-state index contributed by atoms with van der Waals surface area (Å²) in [5, 5.41) is 2.78. The topological polar surface area (TPSA) is 55.1 Å². The highest BCUT2D eigenvalue weighted by Crippen LogP contribution is 2.12. The summed E-state index contributed by atoms with van der Waals surface area (Å²) in [4.78, 5) is 15.5. The number of rotatable bonds is 4. The SMILES string of the molecule is Cc1cnc(C(C)NC(=O)C(C)CCl)o1. The summed E-state index contributed by atoms with van der Waals surface area (Å²) < 4.78 is 5.30. The van der Waals surface area contributed by atoms with Crippen molar-refractivity contribution in [2.24, 2.45) is 5.92 Å². The van der Waals surface area contributed by atoms with Gasteiger partial charge in [-0.1, -0.05) is 6.92 Å². The normalized spacial score (nSPS) is 14.7. The van der Waals surface area contributed by atoms with Gasteiger partial charge in [-0.3, -0.25) is 4.79 Å². The van der Waals surface area contributed by atoms with Gasteiger partial charge < -0.3 is 9.73 Å². The van der Waals surface area contributed by atoms with Crippen LogP contribution in [0.3, 0.4) is 0 Å². The van der Waals surface area contributed by atoms with E-state index in [1.54, 1.807) is 13.1 Å². The minimum atomic E-state index is -0.225. The molecule has 1 aromatic heterocycles. The van der Waals surface area contributed by atoms with Crippen LogP contribution in [0.25, 0.3) is 0 Å². The zero-order valence-corrected chi connectivity index (χ0v) is 9.84. The first-order chi connectivity index (χ1) is 7.04. The molecule has 0 aromatic carbocycles. The van der Waals surface area contributed by atoms with Gasteiger partial charge >= 0.3 is 0 Å². The Balaban J connectivity index is 2.56. The summed E-state index contributed by atoms with van der Waals surface area (Å²) >= 11 is 5.58. The van der Waals surface area contributed by atoms with E-state index < -0.39 is 0 Å². The Bertz CT molecular complexity index is 338. The number of aryl methyl sites for hydroxylation is 1. The molecule has 1 amide bonds. The number of hydrogen-bond acceptors (Lipinski definition) is 3. The molecule has 2 unspecified atom stereocenters. The summed E-state index contributed by atoms with van der Waals surface area (Å²) in [6.07, 6.45) is 1.63. The second-order valence-corrected chi connectivity index (χ2v) is 3.90. The van der Waals surface area contributed by atoms with E-state index in [2.05, 4.69) is 10.3 Å². The van der Waals surface area contributed by atoms with Crippen LogP contribution >= 0.6 is 11.6 Å². The number of carbonyl (C=O) groups excluding carboxylic acids is 1. The number of hydrogen-bond donors (Lipinski definition) is 1. The van der Waals surface area contributed by atoms with Crippen LogP contribution in [0.5, 0.6) is 0 Å². The van der Waals surface area contributed by atoms with Crippen molar-refractivity contribution in [1.29, 1.82) is 0 Å². The average Bonchev–Trinajstić information content (AvgIpc) is 2.63. The Morgan fingerprint density at radius 3 is 2.80 bits per heavy atom. The van der Waals surface area contributed by atoms with Crippen LogP contribution in [0.4, 0.5) is 0 Å². The third-order valence-electron chi connectivity index (χ3n) is 2.05. The number of alkyl halides is 1. The minimum Gasteiger partial charge on any atom is -0.444 e. The highest BCUT2D eigenvalue weighted by atomic mass is 35.5.